The standard InChI is InChI=1S/C10H15ClN2O3/c1-14-4-5-15-6-7-16-8-9-2-3-10(11)13-12-9/h2-3H,4-8H2,1H3. The molecule has 1 aromatic rings. The Balaban J connectivity index is 2.01. The highest BCUT2D eigenvalue weighted by Gasteiger charge is 1.96. The molecule has 5 nitrogen and oxygen atoms in total. The van der Waals surface area contributed by atoms with Crippen LogP contribution in [0.25, 0.3) is 0 Å². The molecule has 0 aliphatic heterocycles. The molecule has 0 saturated carbocycles. The zero-order chi connectivity index (χ0) is 11.6. The summed E-state index contributed by atoms with van der Waals surface area (Å²) in [4.78, 5) is 0. The third-order valence-corrected chi connectivity index (χ3v) is 1.94. The molecular formula is C10H15ClN2O3. The monoisotopic (exact) mass is 246 g/mol. The van der Waals surface area contributed by atoms with Crippen LogP contribution in [0.5, 0.6) is 0 Å². The molecule has 0 radical (unpaired) electrons. The van der Waals surface area contributed by atoms with Crippen molar-refractivity contribution in [2.24, 2.45) is 0 Å². The van der Waals surface area contributed by atoms with Crippen LogP contribution in [0.15, 0.2) is 12.1 Å². The fraction of sp³-hybridized carbons (Fsp3) is 0.600. The summed E-state index contributed by atoms with van der Waals surface area (Å²) in [6.45, 7) is 2.67. The smallest absolute Gasteiger partial charge is 0.151 e. The van der Waals surface area contributed by atoms with Gasteiger partial charge in [-0.25, -0.2) is 0 Å². The van der Waals surface area contributed by atoms with E-state index in [1.807, 2.05) is 0 Å². The van der Waals surface area contributed by atoms with E-state index in [0.29, 0.717) is 38.2 Å². The highest BCUT2D eigenvalue weighted by molar-refractivity contribution is 6.29. The lowest BCUT2D eigenvalue weighted by molar-refractivity contribution is 0.0191. The van der Waals surface area contributed by atoms with E-state index in [0.717, 1.165) is 5.69 Å². The summed E-state index contributed by atoms with van der Waals surface area (Å²) in [5.74, 6) is 0. The Labute approximate surface area is 99.7 Å². The van der Waals surface area contributed by atoms with Gasteiger partial charge >= 0.3 is 0 Å². The summed E-state index contributed by atoms with van der Waals surface area (Å²) in [7, 11) is 1.64. The van der Waals surface area contributed by atoms with Crippen molar-refractivity contribution in [3.63, 3.8) is 0 Å². The Kier molecular flexibility index (Phi) is 7.00. The molecule has 1 heterocycles. The first-order chi connectivity index (χ1) is 7.83. The normalized spacial score (nSPS) is 10.6. The van der Waals surface area contributed by atoms with Gasteiger partial charge in [0.2, 0.25) is 0 Å². The van der Waals surface area contributed by atoms with Gasteiger partial charge in [0.15, 0.2) is 5.15 Å². The van der Waals surface area contributed by atoms with Crippen LogP contribution in [0.2, 0.25) is 5.15 Å². The zero-order valence-electron chi connectivity index (χ0n) is 9.19. The molecule has 0 aliphatic carbocycles. The topological polar surface area (TPSA) is 53.5 Å². The highest BCUT2D eigenvalue weighted by atomic mass is 35.5. The predicted molar refractivity (Wildman–Crippen MR) is 59.4 cm³/mol. The molecule has 0 fully saturated rings. The van der Waals surface area contributed by atoms with Gasteiger partial charge in [0.05, 0.1) is 38.7 Å². The van der Waals surface area contributed by atoms with Crippen LogP contribution in [0, 0.1) is 0 Å². The summed E-state index contributed by atoms with van der Waals surface area (Å²) in [5.41, 5.74) is 0.751. The summed E-state index contributed by atoms with van der Waals surface area (Å²) in [6.07, 6.45) is 0. The largest absolute Gasteiger partial charge is 0.382 e. The summed E-state index contributed by atoms with van der Waals surface area (Å²) < 4.78 is 15.4. The van der Waals surface area contributed by atoms with Gasteiger partial charge in [0.1, 0.15) is 0 Å². The fourth-order valence-corrected chi connectivity index (χ4v) is 1.06. The quantitative estimate of drug-likeness (QED) is 0.648. The maximum atomic E-state index is 5.60. The lowest BCUT2D eigenvalue weighted by atomic mass is 10.4. The van der Waals surface area contributed by atoms with Gasteiger partial charge in [-0.3, -0.25) is 0 Å². The Morgan fingerprint density at radius 3 is 2.50 bits per heavy atom. The number of hydrogen-bond donors (Lipinski definition) is 0. The second-order valence-corrected chi connectivity index (χ2v) is 3.39. The van der Waals surface area contributed by atoms with E-state index in [9.17, 15) is 0 Å². The average Bonchev–Trinajstić information content (AvgIpc) is 2.30. The molecule has 0 atom stereocenters. The molecule has 0 N–H and O–H groups in total. The van der Waals surface area contributed by atoms with Gasteiger partial charge in [-0.1, -0.05) is 11.6 Å². The van der Waals surface area contributed by atoms with Crippen LogP contribution >= 0.6 is 11.6 Å². The number of halogens is 1. The molecule has 0 unspecified atom stereocenters. The molecule has 0 saturated heterocycles. The van der Waals surface area contributed by atoms with E-state index in [4.69, 9.17) is 25.8 Å². The van der Waals surface area contributed by atoms with Crippen LogP contribution in [-0.4, -0.2) is 43.7 Å². The van der Waals surface area contributed by atoms with Crippen molar-refractivity contribution in [3.8, 4) is 0 Å². The molecule has 16 heavy (non-hydrogen) atoms. The molecule has 0 spiro atoms. The van der Waals surface area contributed by atoms with Gasteiger partial charge in [0.25, 0.3) is 0 Å². The number of aromatic nitrogens is 2. The SMILES string of the molecule is COCCOCCOCc1ccc(Cl)nn1. The zero-order valence-corrected chi connectivity index (χ0v) is 9.94. The van der Waals surface area contributed by atoms with E-state index in [-0.39, 0.29) is 0 Å². The molecular weight excluding hydrogens is 232 g/mol. The number of methoxy groups -OCH3 is 1. The van der Waals surface area contributed by atoms with Crippen molar-refractivity contribution in [1.82, 2.24) is 10.2 Å². The average molecular weight is 247 g/mol. The van der Waals surface area contributed by atoms with Crippen molar-refractivity contribution in [3.05, 3.63) is 23.0 Å². The first-order valence-electron chi connectivity index (χ1n) is 4.95. The molecule has 0 aliphatic rings. The van der Waals surface area contributed by atoms with Gasteiger partial charge < -0.3 is 14.2 Å². The molecule has 0 bridgehead atoms. The van der Waals surface area contributed by atoms with E-state index in [2.05, 4.69) is 10.2 Å². The van der Waals surface area contributed by atoms with Gasteiger partial charge in [0, 0.05) is 7.11 Å². The van der Waals surface area contributed by atoms with Crippen LogP contribution in [-0.2, 0) is 20.8 Å². The highest BCUT2D eigenvalue weighted by Crippen LogP contribution is 2.02. The van der Waals surface area contributed by atoms with E-state index < -0.39 is 0 Å². The second kappa shape index (κ2) is 8.41. The summed E-state index contributed by atoms with van der Waals surface area (Å²) >= 11 is 5.60. The molecule has 0 amide bonds. The third kappa shape index (κ3) is 5.97. The minimum atomic E-state index is 0.381. The van der Waals surface area contributed by atoms with Gasteiger partial charge in [-0.05, 0) is 12.1 Å². The Hall–Kier alpha value is -0.750. The summed E-state index contributed by atoms with van der Waals surface area (Å²) in [6, 6.07) is 3.46. The van der Waals surface area contributed by atoms with E-state index in [1.165, 1.54) is 0 Å². The number of ether oxygens (including phenoxy) is 3. The minimum Gasteiger partial charge on any atom is -0.382 e. The maximum absolute atomic E-state index is 5.60. The first kappa shape index (κ1) is 13.3. The van der Waals surface area contributed by atoms with Crippen LogP contribution in [0.4, 0.5) is 0 Å². The maximum Gasteiger partial charge on any atom is 0.151 e. The number of hydrogen-bond acceptors (Lipinski definition) is 5. The van der Waals surface area contributed by atoms with E-state index in [1.54, 1.807) is 19.2 Å². The van der Waals surface area contributed by atoms with Crippen molar-refractivity contribution in [2.45, 2.75) is 6.61 Å². The fourth-order valence-electron chi connectivity index (χ4n) is 0.960. The predicted octanol–water partition coefficient (Wildman–Crippen LogP) is 1.31. The van der Waals surface area contributed by atoms with Crippen LogP contribution in [0.3, 0.4) is 0 Å². The van der Waals surface area contributed by atoms with Gasteiger partial charge in [-0.15, -0.1) is 5.10 Å². The molecule has 1 aromatic heterocycles. The van der Waals surface area contributed by atoms with Crippen molar-refractivity contribution in [2.75, 3.05) is 33.5 Å². The Bertz CT molecular complexity index is 282. The number of rotatable bonds is 8. The molecule has 90 valence electrons. The van der Waals surface area contributed by atoms with Crippen molar-refractivity contribution in [1.29, 1.82) is 0 Å². The Morgan fingerprint density at radius 1 is 1.06 bits per heavy atom. The summed E-state index contributed by atoms with van der Waals surface area (Å²) in [5, 5.41) is 7.95. The lowest BCUT2D eigenvalue weighted by Gasteiger charge is -2.04. The molecule has 0 aromatic carbocycles. The Morgan fingerprint density at radius 2 is 1.81 bits per heavy atom. The van der Waals surface area contributed by atoms with Crippen molar-refractivity contribution >= 4 is 11.6 Å². The lowest BCUT2D eigenvalue weighted by Crippen LogP contribution is -2.08. The van der Waals surface area contributed by atoms with Crippen LogP contribution in [0.1, 0.15) is 5.69 Å². The van der Waals surface area contributed by atoms with Crippen molar-refractivity contribution < 1.29 is 14.2 Å². The first-order valence-corrected chi connectivity index (χ1v) is 5.33. The second-order valence-electron chi connectivity index (χ2n) is 3.01. The van der Waals surface area contributed by atoms with E-state index >= 15 is 0 Å². The molecule has 6 heteroatoms. The number of nitrogens with zero attached hydrogens (tertiary/aromatic N) is 2. The molecule has 1 rings (SSSR count). The van der Waals surface area contributed by atoms with Crippen LogP contribution < -0.4 is 0 Å². The van der Waals surface area contributed by atoms with Gasteiger partial charge in [-0.2, -0.15) is 5.10 Å². The third-order valence-electron chi connectivity index (χ3n) is 1.74. The minimum absolute atomic E-state index is 0.381.